The summed E-state index contributed by atoms with van der Waals surface area (Å²) in [4.78, 5) is 21.4. The maximum absolute atomic E-state index is 12.6. The second-order valence-electron chi connectivity index (χ2n) is 6.55. The van der Waals surface area contributed by atoms with E-state index in [0.29, 0.717) is 48.4 Å². The minimum atomic E-state index is -0.532. The smallest absolute Gasteiger partial charge is 0.238 e. The van der Waals surface area contributed by atoms with Crippen molar-refractivity contribution in [2.24, 2.45) is 0 Å². The Bertz CT molecular complexity index is 1050. The van der Waals surface area contributed by atoms with Crippen molar-refractivity contribution in [1.82, 2.24) is 9.97 Å². The van der Waals surface area contributed by atoms with Crippen molar-refractivity contribution >= 4 is 46.5 Å². The van der Waals surface area contributed by atoms with Crippen LogP contribution in [-0.4, -0.2) is 49.4 Å². The molecule has 30 heavy (non-hydrogen) atoms. The van der Waals surface area contributed by atoms with Gasteiger partial charge < -0.3 is 19.5 Å². The predicted molar refractivity (Wildman–Crippen MR) is 117 cm³/mol. The molecular weight excluding hydrogens is 429 g/mol. The summed E-state index contributed by atoms with van der Waals surface area (Å²) in [5, 5.41) is 4.26. The lowest BCUT2D eigenvalue weighted by Gasteiger charge is -2.12. The molecule has 0 aliphatic carbocycles. The van der Waals surface area contributed by atoms with Gasteiger partial charge in [-0.15, -0.1) is 12.4 Å². The van der Waals surface area contributed by atoms with Crippen LogP contribution < -0.4 is 10.1 Å². The van der Waals surface area contributed by atoms with Crippen LogP contribution in [0, 0.1) is 0 Å². The number of carbonyl (C=O) groups excluding carboxylic acids is 1. The highest BCUT2D eigenvalue weighted by atomic mass is 35.5. The van der Waals surface area contributed by atoms with E-state index < -0.39 is 5.92 Å². The molecule has 4 rings (SSSR count). The summed E-state index contributed by atoms with van der Waals surface area (Å²) in [6, 6.07) is 10.9. The maximum Gasteiger partial charge on any atom is 0.238 e. The molecule has 0 radical (unpaired) electrons. The van der Waals surface area contributed by atoms with E-state index in [1.807, 2.05) is 18.2 Å². The van der Waals surface area contributed by atoms with Crippen molar-refractivity contribution in [3.8, 4) is 5.75 Å². The third-order valence-electron chi connectivity index (χ3n) is 4.69. The fourth-order valence-corrected chi connectivity index (χ4v) is 3.52. The van der Waals surface area contributed by atoms with Crippen LogP contribution in [0.3, 0.4) is 0 Å². The molecule has 1 aliphatic heterocycles. The molecule has 2 heterocycles. The van der Waals surface area contributed by atoms with E-state index in [1.165, 1.54) is 6.33 Å². The van der Waals surface area contributed by atoms with Crippen molar-refractivity contribution in [3.63, 3.8) is 0 Å². The van der Waals surface area contributed by atoms with E-state index in [2.05, 4.69) is 15.3 Å². The molecule has 1 amide bonds. The first-order valence-corrected chi connectivity index (χ1v) is 9.59. The first-order chi connectivity index (χ1) is 14.2. The molecule has 1 atom stereocenters. The van der Waals surface area contributed by atoms with Crippen LogP contribution in [0.5, 0.6) is 5.75 Å². The third kappa shape index (κ3) is 4.65. The second-order valence-corrected chi connectivity index (χ2v) is 6.98. The van der Waals surface area contributed by atoms with Gasteiger partial charge in [-0.1, -0.05) is 11.6 Å². The standard InChI is InChI=1S/C21H20ClN3O4.ClH/c1-27-6-7-28-8-9-29-14-3-4-15-18(11-14)23-12-24-20(15)19-16-10-13(22)2-5-17(16)25-21(19)26;/h2-5,10-12,19H,6-9H2,1H3,(H,25,26);1H. The Balaban J connectivity index is 0.00000256. The second kappa shape index (κ2) is 10.0. The number of rotatable bonds is 8. The van der Waals surface area contributed by atoms with Gasteiger partial charge in [-0.3, -0.25) is 4.79 Å². The van der Waals surface area contributed by atoms with Gasteiger partial charge >= 0.3 is 0 Å². The molecule has 0 saturated heterocycles. The molecule has 1 unspecified atom stereocenters. The maximum atomic E-state index is 12.6. The van der Waals surface area contributed by atoms with Gasteiger partial charge in [-0.05, 0) is 35.9 Å². The minimum Gasteiger partial charge on any atom is -0.491 e. The molecule has 7 nitrogen and oxygen atoms in total. The molecular formula is C21H21Cl2N3O4. The molecule has 1 aromatic heterocycles. The highest BCUT2D eigenvalue weighted by Crippen LogP contribution is 2.40. The molecule has 9 heteroatoms. The molecule has 1 aliphatic rings. The van der Waals surface area contributed by atoms with Crippen LogP contribution in [0.4, 0.5) is 5.69 Å². The molecule has 0 bridgehead atoms. The average molecular weight is 450 g/mol. The van der Waals surface area contributed by atoms with Gasteiger partial charge in [-0.2, -0.15) is 0 Å². The zero-order chi connectivity index (χ0) is 20.2. The van der Waals surface area contributed by atoms with E-state index in [4.69, 9.17) is 25.8 Å². The first-order valence-electron chi connectivity index (χ1n) is 9.22. The summed E-state index contributed by atoms with van der Waals surface area (Å²) in [6.45, 7) is 1.97. The molecule has 0 spiro atoms. The number of ether oxygens (including phenoxy) is 3. The lowest BCUT2D eigenvalue weighted by atomic mass is 9.94. The third-order valence-corrected chi connectivity index (χ3v) is 4.92. The number of carbonyl (C=O) groups is 1. The number of amides is 1. The Hall–Kier alpha value is -2.45. The summed E-state index contributed by atoms with van der Waals surface area (Å²) in [7, 11) is 1.63. The van der Waals surface area contributed by atoms with Crippen LogP contribution in [0.25, 0.3) is 10.9 Å². The molecule has 0 fully saturated rings. The van der Waals surface area contributed by atoms with Gasteiger partial charge in [0, 0.05) is 29.3 Å². The van der Waals surface area contributed by atoms with Crippen LogP contribution in [0.1, 0.15) is 17.2 Å². The highest BCUT2D eigenvalue weighted by molar-refractivity contribution is 6.31. The van der Waals surface area contributed by atoms with Gasteiger partial charge in [0.05, 0.1) is 31.0 Å². The number of hydrogen-bond donors (Lipinski definition) is 1. The van der Waals surface area contributed by atoms with Crippen molar-refractivity contribution in [1.29, 1.82) is 0 Å². The van der Waals surface area contributed by atoms with Crippen LogP contribution in [-0.2, 0) is 14.3 Å². The number of hydrogen-bond acceptors (Lipinski definition) is 6. The lowest BCUT2D eigenvalue weighted by Crippen LogP contribution is -2.15. The Labute approximate surface area is 185 Å². The molecule has 0 saturated carbocycles. The van der Waals surface area contributed by atoms with Crippen molar-refractivity contribution in [2.45, 2.75) is 5.92 Å². The number of methoxy groups -OCH3 is 1. The Morgan fingerprint density at radius 3 is 2.73 bits per heavy atom. The van der Waals surface area contributed by atoms with Gasteiger partial charge in [0.25, 0.3) is 0 Å². The Morgan fingerprint density at radius 2 is 1.90 bits per heavy atom. The molecule has 158 valence electrons. The predicted octanol–water partition coefficient (Wildman–Crippen LogP) is 3.83. The van der Waals surface area contributed by atoms with Gasteiger partial charge in [-0.25, -0.2) is 9.97 Å². The number of nitrogens with zero attached hydrogens (tertiary/aromatic N) is 2. The van der Waals surface area contributed by atoms with Gasteiger partial charge in [0.2, 0.25) is 5.91 Å². The zero-order valence-corrected chi connectivity index (χ0v) is 17.8. The van der Waals surface area contributed by atoms with E-state index in [0.717, 1.165) is 16.6 Å². The number of anilines is 1. The Kier molecular flexibility index (Phi) is 7.44. The van der Waals surface area contributed by atoms with Crippen molar-refractivity contribution in [3.05, 3.63) is 59.0 Å². The van der Waals surface area contributed by atoms with E-state index in [-0.39, 0.29) is 18.3 Å². The number of nitrogens with one attached hydrogen (secondary N) is 1. The lowest BCUT2D eigenvalue weighted by molar-refractivity contribution is -0.116. The summed E-state index contributed by atoms with van der Waals surface area (Å²) < 4.78 is 16.1. The van der Waals surface area contributed by atoms with Crippen LogP contribution in [0.15, 0.2) is 42.7 Å². The number of aromatic nitrogens is 2. The number of halogens is 2. The average Bonchev–Trinajstić information content (AvgIpc) is 3.04. The summed E-state index contributed by atoms with van der Waals surface area (Å²) in [5.74, 6) is 0.0164. The Morgan fingerprint density at radius 1 is 1.07 bits per heavy atom. The fourth-order valence-electron chi connectivity index (χ4n) is 3.34. The van der Waals surface area contributed by atoms with E-state index in [9.17, 15) is 4.79 Å². The quantitative estimate of drug-likeness (QED) is 0.526. The minimum absolute atomic E-state index is 0. The summed E-state index contributed by atoms with van der Waals surface area (Å²) in [6.07, 6.45) is 1.46. The summed E-state index contributed by atoms with van der Waals surface area (Å²) >= 11 is 6.15. The van der Waals surface area contributed by atoms with E-state index in [1.54, 1.807) is 25.3 Å². The molecule has 3 aromatic rings. The number of fused-ring (bicyclic) bond motifs is 2. The normalized spacial score (nSPS) is 14.9. The van der Waals surface area contributed by atoms with Crippen LogP contribution in [0.2, 0.25) is 5.02 Å². The van der Waals surface area contributed by atoms with E-state index >= 15 is 0 Å². The number of benzene rings is 2. The van der Waals surface area contributed by atoms with Crippen molar-refractivity contribution < 1.29 is 19.0 Å². The van der Waals surface area contributed by atoms with Gasteiger partial charge in [0.15, 0.2) is 0 Å². The SMILES string of the molecule is COCCOCCOc1ccc2c(C3C(=O)Nc4ccc(Cl)cc43)ncnc2c1.Cl. The monoisotopic (exact) mass is 449 g/mol. The fraction of sp³-hybridized carbons (Fsp3) is 0.286. The van der Waals surface area contributed by atoms with Crippen molar-refractivity contribution in [2.75, 3.05) is 38.9 Å². The highest BCUT2D eigenvalue weighted by Gasteiger charge is 2.34. The van der Waals surface area contributed by atoms with Gasteiger partial charge in [0.1, 0.15) is 24.6 Å². The largest absolute Gasteiger partial charge is 0.491 e. The first kappa shape index (κ1) is 22.2. The molecule has 1 N–H and O–H groups in total. The molecule has 2 aromatic carbocycles. The summed E-state index contributed by atoms with van der Waals surface area (Å²) in [5.41, 5.74) is 2.92. The zero-order valence-electron chi connectivity index (χ0n) is 16.3. The van der Waals surface area contributed by atoms with Crippen LogP contribution >= 0.6 is 24.0 Å². The topological polar surface area (TPSA) is 82.6 Å².